The third kappa shape index (κ3) is 3.91. The van der Waals surface area contributed by atoms with E-state index in [1.165, 1.54) is 24.3 Å². The number of carbonyl (C=O) groups is 1. The summed E-state index contributed by atoms with van der Waals surface area (Å²) >= 11 is 0.292. The van der Waals surface area contributed by atoms with Crippen LogP contribution in [0, 0.1) is 0 Å². The van der Waals surface area contributed by atoms with Crippen molar-refractivity contribution < 1.29 is 27.4 Å². The molecule has 0 bridgehead atoms. The van der Waals surface area contributed by atoms with Crippen molar-refractivity contribution in [2.75, 3.05) is 6.61 Å². The van der Waals surface area contributed by atoms with Gasteiger partial charge in [0.15, 0.2) is 0 Å². The van der Waals surface area contributed by atoms with Crippen molar-refractivity contribution in [3.05, 3.63) is 34.8 Å². The quantitative estimate of drug-likeness (QED) is 0.807. The van der Waals surface area contributed by atoms with E-state index in [4.69, 9.17) is 9.47 Å². The minimum atomic E-state index is -4.55. The zero-order valence-corrected chi connectivity index (χ0v) is 11.5. The van der Waals surface area contributed by atoms with Crippen LogP contribution in [0.2, 0.25) is 0 Å². The summed E-state index contributed by atoms with van der Waals surface area (Å²) in [5.74, 6) is -0.243. The second-order valence-electron chi connectivity index (χ2n) is 3.72. The molecule has 1 aromatic heterocycles. The number of hydrogen-bond acceptors (Lipinski definition) is 6. The molecule has 0 spiro atoms. The van der Waals surface area contributed by atoms with Gasteiger partial charge in [0, 0.05) is 0 Å². The van der Waals surface area contributed by atoms with E-state index >= 15 is 0 Å². The molecule has 5 nitrogen and oxygen atoms in total. The second-order valence-corrected chi connectivity index (χ2v) is 4.66. The number of alkyl halides is 3. The predicted octanol–water partition coefficient (Wildman–Crippen LogP) is 3.53. The normalized spacial score (nSPS) is 11.2. The van der Waals surface area contributed by atoms with Gasteiger partial charge in [0.25, 0.3) is 5.19 Å². The fourth-order valence-electron chi connectivity index (χ4n) is 1.34. The number of ether oxygens (including phenoxy) is 2. The van der Waals surface area contributed by atoms with Crippen molar-refractivity contribution in [1.82, 2.24) is 10.2 Å². The number of benzene rings is 1. The third-order valence-electron chi connectivity index (χ3n) is 2.22. The van der Waals surface area contributed by atoms with Gasteiger partial charge in [-0.2, -0.15) is 13.2 Å². The Morgan fingerprint density at radius 1 is 1.24 bits per heavy atom. The van der Waals surface area contributed by atoms with E-state index in [1.54, 1.807) is 6.92 Å². The van der Waals surface area contributed by atoms with Gasteiger partial charge in [-0.25, -0.2) is 4.79 Å². The molecule has 0 saturated heterocycles. The lowest BCUT2D eigenvalue weighted by atomic mass is 10.2. The molecule has 0 aliphatic rings. The Bertz CT molecular complexity index is 625. The van der Waals surface area contributed by atoms with Gasteiger partial charge < -0.3 is 9.47 Å². The van der Waals surface area contributed by atoms with Gasteiger partial charge in [-0.05, 0) is 31.2 Å². The monoisotopic (exact) mass is 318 g/mol. The maximum Gasteiger partial charge on any atom is 0.445 e. The maximum absolute atomic E-state index is 12.4. The van der Waals surface area contributed by atoms with Crippen molar-refractivity contribution in [1.29, 1.82) is 0 Å². The number of aromatic nitrogens is 2. The summed E-state index contributed by atoms with van der Waals surface area (Å²) in [5.41, 5.74) is 0.317. The highest BCUT2D eigenvalue weighted by molar-refractivity contribution is 7.13. The van der Waals surface area contributed by atoms with E-state index in [0.29, 0.717) is 16.9 Å². The van der Waals surface area contributed by atoms with Gasteiger partial charge in [0.1, 0.15) is 5.75 Å². The van der Waals surface area contributed by atoms with Crippen LogP contribution in [0.1, 0.15) is 22.3 Å². The van der Waals surface area contributed by atoms with Crippen molar-refractivity contribution in [2.45, 2.75) is 13.1 Å². The fraction of sp³-hybridized carbons (Fsp3) is 0.250. The number of hydrogen-bond donors (Lipinski definition) is 0. The maximum atomic E-state index is 12.4. The van der Waals surface area contributed by atoms with Crippen LogP contribution < -0.4 is 4.74 Å². The number of rotatable bonds is 4. The molecule has 0 amide bonds. The zero-order valence-electron chi connectivity index (χ0n) is 10.7. The SMILES string of the molecule is CCOC(=O)c1ccc(Oc2nnc(C(F)(F)F)s2)cc1. The van der Waals surface area contributed by atoms with Crippen molar-refractivity contribution in [3.8, 4) is 10.9 Å². The molecule has 2 aromatic rings. The highest BCUT2D eigenvalue weighted by Gasteiger charge is 2.36. The molecule has 0 radical (unpaired) electrons. The van der Waals surface area contributed by atoms with E-state index in [-0.39, 0.29) is 17.6 Å². The van der Waals surface area contributed by atoms with Crippen LogP contribution in [0.15, 0.2) is 24.3 Å². The van der Waals surface area contributed by atoms with Crippen LogP contribution in [0.4, 0.5) is 13.2 Å². The van der Waals surface area contributed by atoms with Gasteiger partial charge >= 0.3 is 12.1 Å². The smallest absolute Gasteiger partial charge is 0.445 e. The molecule has 0 aliphatic carbocycles. The highest BCUT2D eigenvalue weighted by atomic mass is 32.1. The lowest BCUT2D eigenvalue weighted by Crippen LogP contribution is -2.03. The average molecular weight is 318 g/mol. The Balaban J connectivity index is 2.07. The zero-order chi connectivity index (χ0) is 15.5. The lowest BCUT2D eigenvalue weighted by Gasteiger charge is -2.03. The molecule has 0 unspecified atom stereocenters. The topological polar surface area (TPSA) is 61.3 Å². The van der Waals surface area contributed by atoms with Crippen molar-refractivity contribution >= 4 is 17.3 Å². The molecule has 0 aliphatic heterocycles. The second kappa shape index (κ2) is 6.08. The van der Waals surface area contributed by atoms with E-state index in [1.807, 2.05) is 0 Å². The molecule has 0 atom stereocenters. The fourth-order valence-corrected chi connectivity index (χ4v) is 1.92. The van der Waals surface area contributed by atoms with Gasteiger partial charge in [-0.15, -0.1) is 5.10 Å². The highest BCUT2D eigenvalue weighted by Crippen LogP contribution is 2.35. The van der Waals surface area contributed by atoms with Crippen LogP contribution in [0.25, 0.3) is 0 Å². The molecule has 0 N–H and O–H groups in total. The number of carbonyl (C=O) groups excluding carboxylic acids is 1. The van der Waals surface area contributed by atoms with Crippen molar-refractivity contribution in [3.63, 3.8) is 0 Å². The molecule has 0 fully saturated rings. The molecule has 1 aromatic carbocycles. The minimum Gasteiger partial charge on any atom is -0.462 e. The molecule has 0 saturated carbocycles. The van der Waals surface area contributed by atoms with Crippen molar-refractivity contribution in [2.24, 2.45) is 0 Å². The Labute approximate surface area is 121 Å². The Hall–Kier alpha value is -2.16. The minimum absolute atomic E-state index is 0.230. The third-order valence-corrected chi connectivity index (χ3v) is 3.07. The summed E-state index contributed by atoms with van der Waals surface area (Å²) in [6.07, 6.45) is -4.55. The van der Waals surface area contributed by atoms with Crippen LogP contribution in [0.5, 0.6) is 10.9 Å². The summed E-state index contributed by atoms with van der Waals surface area (Å²) in [7, 11) is 0. The summed E-state index contributed by atoms with van der Waals surface area (Å²) in [5, 5.41) is 4.98. The van der Waals surface area contributed by atoms with Crippen LogP contribution in [-0.2, 0) is 10.9 Å². The van der Waals surface area contributed by atoms with E-state index < -0.39 is 17.2 Å². The summed E-state index contributed by atoms with van der Waals surface area (Å²) in [6, 6.07) is 5.75. The summed E-state index contributed by atoms with van der Waals surface area (Å²) < 4.78 is 47.0. The number of halogens is 3. The van der Waals surface area contributed by atoms with Gasteiger partial charge in [-0.3, -0.25) is 0 Å². The lowest BCUT2D eigenvalue weighted by molar-refractivity contribution is -0.138. The number of esters is 1. The van der Waals surface area contributed by atoms with Crippen LogP contribution >= 0.6 is 11.3 Å². The first-order chi connectivity index (χ1) is 9.90. The van der Waals surface area contributed by atoms with Gasteiger partial charge in [-0.1, -0.05) is 16.4 Å². The number of nitrogens with zero attached hydrogens (tertiary/aromatic N) is 2. The Kier molecular flexibility index (Phi) is 4.41. The largest absolute Gasteiger partial charge is 0.462 e. The molecular formula is C12H9F3N2O3S. The Morgan fingerprint density at radius 2 is 1.90 bits per heavy atom. The van der Waals surface area contributed by atoms with E-state index in [2.05, 4.69) is 10.2 Å². The first-order valence-corrected chi connectivity index (χ1v) is 6.57. The molecule has 21 heavy (non-hydrogen) atoms. The predicted molar refractivity (Wildman–Crippen MR) is 67.4 cm³/mol. The van der Waals surface area contributed by atoms with E-state index in [0.717, 1.165) is 0 Å². The van der Waals surface area contributed by atoms with Crippen LogP contribution in [-0.4, -0.2) is 22.8 Å². The Morgan fingerprint density at radius 3 is 2.43 bits per heavy atom. The first-order valence-electron chi connectivity index (χ1n) is 5.76. The molecule has 112 valence electrons. The molecule has 2 rings (SSSR count). The van der Waals surface area contributed by atoms with E-state index in [9.17, 15) is 18.0 Å². The summed E-state index contributed by atoms with van der Waals surface area (Å²) in [4.78, 5) is 11.4. The van der Waals surface area contributed by atoms with Gasteiger partial charge in [0.2, 0.25) is 5.01 Å². The molecule has 1 heterocycles. The van der Waals surface area contributed by atoms with Gasteiger partial charge in [0.05, 0.1) is 12.2 Å². The van der Waals surface area contributed by atoms with Crippen LogP contribution in [0.3, 0.4) is 0 Å². The average Bonchev–Trinajstić information content (AvgIpc) is 2.88. The molecule has 9 heteroatoms. The summed E-state index contributed by atoms with van der Waals surface area (Å²) in [6.45, 7) is 1.94. The molecular weight excluding hydrogens is 309 g/mol. The standard InChI is InChI=1S/C12H9F3N2O3S/c1-2-19-9(18)7-3-5-8(6-4-7)20-11-17-16-10(21-11)12(13,14)15/h3-6H,2H2,1H3. The first kappa shape index (κ1) is 15.2.